The van der Waals surface area contributed by atoms with Gasteiger partial charge in [0.1, 0.15) is 5.75 Å². The number of ether oxygens (including phenoxy) is 1. The Kier molecular flexibility index (Phi) is 8.39. The number of halogens is 3. The van der Waals surface area contributed by atoms with E-state index in [4.69, 9.17) is 15.6 Å². The van der Waals surface area contributed by atoms with Gasteiger partial charge in [-0.25, -0.2) is 4.79 Å². The van der Waals surface area contributed by atoms with Crippen LogP contribution in [0.25, 0.3) is 0 Å². The van der Waals surface area contributed by atoms with Crippen molar-refractivity contribution in [3.8, 4) is 5.75 Å². The molecule has 2 aromatic carbocycles. The van der Waals surface area contributed by atoms with Gasteiger partial charge < -0.3 is 20.9 Å². The molecule has 0 fully saturated rings. The first-order valence-corrected chi connectivity index (χ1v) is 11.2. The van der Waals surface area contributed by atoms with Gasteiger partial charge in [0.25, 0.3) is 0 Å². The quantitative estimate of drug-likeness (QED) is 0.291. The van der Waals surface area contributed by atoms with Crippen LogP contribution < -0.4 is 15.8 Å². The highest BCUT2D eigenvalue weighted by Crippen LogP contribution is 2.30. The number of amides is 1. The minimum absolute atomic E-state index is 0.186. The van der Waals surface area contributed by atoms with E-state index in [1.165, 1.54) is 0 Å². The standard InChI is InChI=1S/C18H17I3N2O4/c1-2-14(18(25)26)27-10-5-3-4-9(6-10)23-15(24)7-11-12(19)8-13(20)17(22)16(11)21/h3-6,8,14H,2,7,22H2,1H3,(H,23,24)(H,25,26). The SMILES string of the molecule is CCC(Oc1cccc(NC(=O)Cc2c(I)cc(I)c(N)c2I)c1)C(=O)O. The zero-order valence-corrected chi connectivity index (χ0v) is 20.7. The minimum Gasteiger partial charge on any atom is -0.479 e. The number of hydrogen-bond donors (Lipinski definition) is 3. The summed E-state index contributed by atoms with van der Waals surface area (Å²) >= 11 is 6.53. The molecule has 0 radical (unpaired) electrons. The number of aliphatic carboxylic acids is 1. The Labute approximate surface area is 198 Å². The number of nitrogens with two attached hydrogens (primary N) is 1. The summed E-state index contributed by atoms with van der Waals surface area (Å²) in [6.07, 6.45) is -0.388. The van der Waals surface area contributed by atoms with Crippen molar-refractivity contribution in [1.29, 1.82) is 0 Å². The van der Waals surface area contributed by atoms with Crippen molar-refractivity contribution >= 4 is 91.0 Å². The van der Waals surface area contributed by atoms with Crippen LogP contribution in [0.2, 0.25) is 0 Å². The lowest BCUT2D eigenvalue weighted by molar-refractivity contribution is -0.145. The highest BCUT2D eigenvalue weighted by atomic mass is 127. The van der Waals surface area contributed by atoms with E-state index in [-0.39, 0.29) is 12.3 Å². The summed E-state index contributed by atoms with van der Waals surface area (Å²) in [5.41, 5.74) is 8.17. The van der Waals surface area contributed by atoms with Crippen molar-refractivity contribution < 1.29 is 19.4 Å². The smallest absolute Gasteiger partial charge is 0.344 e. The second-order valence-corrected chi connectivity index (χ2v) is 9.06. The predicted octanol–water partition coefficient (Wildman–Crippen LogP) is 4.51. The fourth-order valence-corrected chi connectivity index (χ4v) is 6.05. The third-order valence-corrected chi connectivity index (χ3v) is 6.77. The Morgan fingerprint density at radius 3 is 2.56 bits per heavy atom. The van der Waals surface area contributed by atoms with Gasteiger partial charge in [-0.2, -0.15) is 0 Å². The van der Waals surface area contributed by atoms with Crippen LogP contribution in [0.5, 0.6) is 5.75 Å². The molecular weight excluding hydrogens is 689 g/mol. The third kappa shape index (κ3) is 6.07. The molecule has 0 saturated heterocycles. The van der Waals surface area contributed by atoms with Gasteiger partial charge >= 0.3 is 5.97 Å². The lowest BCUT2D eigenvalue weighted by Gasteiger charge is -2.15. The first-order valence-electron chi connectivity index (χ1n) is 7.94. The maximum Gasteiger partial charge on any atom is 0.344 e. The van der Waals surface area contributed by atoms with Crippen LogP contribution in [0.4, 0.5) is 11.4 Å². The molecule has 4 N–H and O–H groups in total. The number of carboxylic acid groups (broad SMARTS) is 1. The van der Waals surface area contributed by atoms with E-state index < -0.39 is 12.1 Å². The monoisotopic (exact) mass is 706 g/mol. The molecule has 0 spiro atoms. The molecule has 1 atom stereocenters. The largest absolute Gasteiger partial charge is 0.479 e. The maximum atomic E-state index is 12.5. The molecule has 1 amide bonds. The highest BCUT2D eigenvalue weighted by Gasteiger charge is 2.18. The van der Waals surface area contributed by atoms with Gasteiger partial charge in [0.15, 0.2) is 6.10 Å². The minimum atomic E-state index is -1.02. The van der Waals surface area contributed by atoms with Crippen LogP contribution in [0.1, 0.15) is 18.9 Å². The summed E-state index contributed by atoms with van der Waals surface area (Å²) in [5.74, 6) is -0.814. The van der Waals surface area contributed by atoms with Gasteiger partial charge in [0, 0.05) is 22.5 Å². The Hall–Kier alpha value is -0.830. The molecule has 0 saturated carbocycles. The molecule has 2 aromatic rings. The van der Waals surface area contributed by atoms with Gasteiger partial charge in [0.05, 0.1) is 12.1 Å². The Bertz CT molecular complexity index is 874. The number of nitrogen functional groups attached to an aromatic ring is 1. The average Bonchev–Trinajstić information content (AvgIpc) is 2.61. The molecule has 2 rings (SSSR count). The molecule has 0 aliphatic rings. The van der Waals surface area contributed by atoms with E-state index in [2.05, 4.69) is 73.1 Å². The molecule has 27 heavy (non-hydrogen) atoms. The second kappa shape index (κ2) is 10.1. The van der Waals surface area contributed by atoms with Crippen molar-refractivity contribution in [2.75, 3.05) is 11.1 Å². The zero-order valence-electron chi connectivity index (χ0n) is 14.3. The van der Waals surface area contributed by atoms with Gasteiger partial charge in [0.2, 0.25) is 5.91 Å². The van der Waals surface area contributed by atoms with Crippen LogP contribution >= 0.6 is 67.8 Å². The molecule has 144 valence electrons. The van der Waals surface area contributed by atoms with Crippen molar-refractivity contribution in [1.82, 2.24) is 0 Å². The number of benzene rings is 2. The van der Waals surface area contributed by atoms with E-state index in [0.29, 0.717) is 23.5 Å². The van der Waals surface area contributed by atoms with Gasteiger partial charge in [-0.15, -0.1) is 0 Å². The zero-order chi connectivity index (χ0) is 20.1. The average molecular weight is 706 g/mol. The number of carbonyl (C=O) groups excluding carboxylic acids is 1. The summed E-state index contributed by atoms with van der Waals surface area (Å²) in [4.78, 5) is 23.6. The lowest BCUT2D eigenvalue weighted by atomic mass is 10.1. The van der Waals surface area contributed by atoms with E-state index in [1.807, 2.05) is 6.07 Å². The molecule has 0 aliphatic heterocycles. The normalized spacial score (nSPS) is 11.7. The Morgan fingerprint density at radius 2 is 1.93 bits per heavy atom. The third-order valence-electron chi connectivity index (χ3n) is 3.68. The first-order chi connectivity index (χ1) is 12.7. The number of carboxylic acids is 1. The van der Waals surface area contributed by atoms with Crippen LogP contribution in [0.3, 0.4) is 0 Å². The Morgan fingerprint density at radius 1 is 1.22 bits per heavy atom. The number of nitrogens with one attached hydrogen (secondary N) is 1. The highest BCUT2D eigenvalue weighted by molar-refractivity contribution is 14.1. The molecule has 6 nitrogen and oxygen atoms in total. The molecular formula is C18H17I3N2O4. The summed E-state index contributed by atoms with van der Waals surface area (Å²) < 4.78 is 8.28. The van der Waals surface area contributed by atoms with E-state index >= 15 is 0 Å². The second-order valence-electron chi connectivity index (χ2n) is 5.65. The van der Waals surface area contributed by atoms with Crippen molar-refractivity contribution in [3.63, 3.8) is 0 Å². The van der Waals surface area contributed by atoms with Crippen LogP contribution in [-0.2, 0) is 16.0 Å². The molecule has 1 unspecified atom stereocenters. The fourth-order valence-electron chi connectivity index (χ4n) is 2.30. The van der Waals surface area contributed by atoms with E-state index in [1.54, 1.807) is 31.2 Å². The van der Waals surface area contributed by atoms with Gasteiger partial charge in [-0.3, -0.25) is 4.79 Å². The maximum absolute atomic E-state index is 12.5. The predicted molar refractivity (Wildman–Crippen MR) is 130 cm³/mol. The number of carbonyl (C=O) groups is 2. The topological polar surface area (TPSA) is 102 Å². The van der Waals surface area contributed by atoms with E-state index in [9.17, 15) is 9.59 Å². The molecule has 0 bridgehead atoms. The van der Waals surface area contributed by atoms with Gasteiger partial charge in [-0.05, 0) is 98.0 Å². The van der Waals surface area contributed by atoms with Crippen molar-refractivity contribution in [3.05, 3.63) is 46.6 Å². The number of hydrogen-bond acceptors (Lipinski definition) is 4. The van der Waals surface area contributed by atoms with Crippen molar-refractivity contribution in [2.24, 2.45) is 0 Å². The van der Waals surface area contributed by atoms with Crippen LogP contribution in [0, 0.1) is 10.7 Å². The molecule has 9 heteroatoms. The van der Waals surface area contributed by atoms with Gasteiger partial charge in [-0.1, -0.05) is 13.0 Å². The first kappa shape index (κ1) is 22.5. The molecule has 0 aromatic heterocycles. The molecule has 0 heterocycles. The summed E-state index contributed by atoms with van der Waals surface area (Å²) in [6.45, 7) is 1.74. The van der Waals surface area contributed by atoms with Crippen molar-refractivity contribution in [2.45, 2.75) is 25.9 Å². The Balaban J connectivity index is 2.12. The molecule has 0 aliphatic carbocycles. The summed E-state index contributed by atoms with van der Waals surface area (Å²) in [6, 6.07) is 8.65. The fraction of sp³-hybridized carbons (Fsp3) is 0.222. The number of rotatable bonds is 7. The van der Waals surface area contributed by atoms with Crippen LogP contribution in [-0.4, -0.2) is 23.1 Å². The van der Waals surface area contributed by atoms with E-state index in [0.717, 1.165) is 16.3 Å². The van der Waals surface area contributed by atoms with Crippen LogP contribution in [0.15, 0.2) is 30.3 Å². The summed E-state index contributed by atoms with van der Waals surface area (Å²) in [5, 5.41) is 11.9. The summed E-state index contributed by atoms with van der Waals surface area (Å²) in [7, 11) is 0. The lowest BCUT2D eigenvalue weighted by Crippen LogP contribution is -2.26. The number of anilines is 2.